The van der Waals surface area contributed by atoms with Gasteiger partial charge in [-0.25, -0.2) is 18.2 Å². The summed E-state index contributed by atoms with van der Waals surface area (Å²) in [4.78, 5) is 0. The van der Waals surface area contributed by atoms with Crippen molar-refractivity contribution < 1.29 is 49.0 Å². The van der Waals surface area contributed by atoms with Crippen molar-refractivity contribution in [3.05, 3.63) is 48.1 Å². The summed E-state index contributed by atoms with van der Waals surface area (Å²) >= 11 is 1.30. The van der Waals surface area contributed by atoms with Crippen LogP contribution in [0.4, 0.5) is 0 Å². The molecule has 18 heavy (non-hydrogen) atoms. The Morgan fingerprint density at radius 1 is 1.11 bits per heavy atom. The molecule has 2 aliphatic carbocycles. The third kappa shape index (κ3) is 11.4. The normalized spacial score (nSPS) is 14.4. The molecule has 0 unspecified atom stereocenters. The second-order valence-corrected chi connectivity index (χ2v) is 4.47. The summed E-state index contributed by atoms with van der Waals surface area (Å²) in [5.74, 6) is 0. The van der Waals surface area contributed by atoms with E-state index in [0.29, 0.717) is 5.41 Å². The molecule has 0 saturated heterocycles. The van der Waals surface area contributed by atoms with Crippen molar-refractivity contribution in [2.45, 2.75) is 33.6 Å². The third-order valence-electron chi connectivity index (χ3n) is 2.15. The molecule has 0 fully saturated rings. The van der Waals surface area contributed by atoms with E-state index in [1.807, 2.05) is 12.2 Å². The fourth-order valence-electron chi connectivity index (χ4n) is 1.26. The predicted molar refractivity (Wildman–Crippen MR) is 68.7 cm³/mol. The van der Waals surface area contributed by atoms with Crippen LogP contribution in [0.25, 0.3) is 0 Å². The zero-order chi connectivity index (χ0) is 12.4. The first-order chi connectivity index (χ1) is 7.61. The van der Waals surface area contributed by atoms with E-state index >= 15 is 0 Å². The first-order valence-corrected chi connectivity index (χ1v) is 7.19. The van der Waals surface area contributed by atoms with Crippen molar-refractivity contribution in [1.29, 1.82) is 0 Å². The van der Waals surface area contributed by atoms with E-state index in [1.165, 1.54) is 29.8 Å². The maximum atomic E-state index is 3.34. The minimum atomic E-state index is 0. The molecule has 0 N–H and O–H groups in total. The second kappa shape index (κ2) is 13.7. The van der Waals surface area contributed by atoms with Crippen LogP contribution in [0.15, 0.2) is 36.0 Å². The summed E-state index contributed by atoms with van der Waals surface area (Å²) in [5.41, 5.74) is 1.74. The van der Waals surface area contributed by atoms with Gasteiger partial charge in [0.15, 0.2) is 0 Å². The van der Waals surface area contributed by atoms with Crippen LogP contribution < -0.4 is 24.8 Å². The fraction of sp³-hybridized carbons (Fsp3) is 0.400. The summed E-state index contributed by atoms with van der Waals surface area (Å²) < 4.78 is 3.34. The van der Waals surface area contributed by atoms with Crippen LogP contribution in [-0.4, -0.2) is 4.21 Å². The Labute approximate surface area is 139 Å². The molecule has 0 bridgehead atoms. The van der Waals surface area contributed by atoms with E-state index in [1.54, 1.807) is 0 Å². The summed E-state index contributed by atoms with van der Waals surface area (Å²) in [6.45, 7) is 6.67. The SMILES string of the molecule is CC(C)(C)C1=CC[C-]=C1.[C-]1=CC=CC1.[CH2]=[Zr+2].[Cl-].[Cl-]. The van der Waals surface area contributed by atoms with Crippen molar-refractivity contribution >= 4 is 4.21 Å². The molecule has 0 aromatic rings. The van der Waals surface area contributed by atoms with E-state index in [4.69, 9.17) is 0 Å². The van der Waals surface area contributed by atoms with Crippen molar-refractivity contribution in [1.82, 2.24) is 0 Å². The molecular formula is C15H20Cl2Zr-2. The molecule has 100 valence electrons. The molecule has 0 atom stereocenters. The summed E-state index contributed by atoms with van der Waals surface area (Å²) in [5, 5.41) is 0. The van der Waals surface area contributed by atoms with Crippen LogP contribution in [0.2, 0.25) is 0 Å². The Balaban J connectivity index is -0.000000217. The Morgan fingerprint density at radius 3 is 1.89 bits per heavy atom. The van der Waals surface area contributed by atoms with Crippen LogP contribution in [0, 0.1) is 17.6 Å². The largest absolute Gasteiger partial charge is 1.00 e. The van der Waals surface area contributed by atoms with E-state index in [-0.39, 0.29) is 24.8 Å². The number of hydrogen-bond acceptors (Lipinski definition) is 0. The van der Waals surface area contributed by atoms with Gasteiger partial charge >= 0.3 is 28.4 Å². The molecule has 0 aliphatic heterocycles. The van der Waals surface area contributed by atoms with Crippen LogP contribution in [-0.2, 0) is 24.2 Å². The zero-order valence-electron chi connectivity index (χ0n) is 11.3. The minimum Gasteiger partial charge on any atom is -1.00 e. The van der Waals surface area contributed by atoms with Gasteiger partial charge in [-0.2, -0.15) is 17.7 Å². The van der Waals surface area contributed by atoms with Crippen LogP contribution in [0.3, 0.4) is 0 Å². The Bertz CT molecular complexity index is 297. The van der Waals surface area contributed by atoms with Crippen molar-refractivity contribution in [3.63, 3.8) is 0 Å². The van der Waals surface area contributed by atoms with Gasteiger partial charge in [-0.15, -0.1) is 12.8 Å². The maximum Gasteiger partial charge on any atom is -1.00 e. The van der Waals surface area contributed by atoms with Gasteiger partial charge in [0.25, 0.3) is 0 Å². The first-order valence-electron chi connectivity index (χ1n) is 5.45. The zero-order valence-corrected chi connectivity index (χ0v) is 15.2. The van der Waals surface area contributed by atoms with E-state index < -0.39 is 0 Å². The van der Waals surface area contributed by atoms with Crippen molar-refractivity contribution in [2.24, 2.45) is 5.41 Å². The van der Waals surface area contributed by atoms with Gasteiger partial charge in [0, 0.05) is 0 Å². The molecule has 2 rings (SSSR count). The van der Waals surface area contributed by atoms with Crippen LogP contribution >= 0.6 is 0 Å². The maximum absolute atomic E-state index is 3.34. The quantitative estimate of drug-likeness (QED) is 0.438. The monoisotopic (exact) mass is 360 g/mol. The van der Waals surface area contributed by atoms with Gasteiger partial charge < -0.3 is 24.8 Å². The number of allylic oxidation sites excluding steroid dienone is 8. The standard InChI is InChI=1S/C9H13.C5H5.CH2.2ClH.Zr/c1-9(2,3)8-6-4-5-7-8;1-2-4-5-3-1;;;;/h6-7H,4H2,1-3H3;1-3H,4H2;1H2;2*1H;/q2*-1;;;;+2/p-2. The predicted octanol–water partition coefficient (Wildman–Crippen LogP) is -2.00. The Morgan fingerprint density at radius 2 is 1.72 bits per heavy atom. The molecule has 3 heteroatoms. The molecule has 0 radical (unpaired) electrons. The van der Waals surface area contributed by atoms with Gasteiger partial charge in [-0.05, 0) is 0 Å². The summed E-state index contributed by atoms with van der Waals surface area (Å²) in [6.07, 6.45) is 18.5. The first kappa shape index (κ1) is 23.4. The molecule has 0 nitrogen and oxygen atoms in total. The van der Waals surface area contributed by atoms with Gasteiger partial charge in [0.1, 0.15) is 0 Å². The minimum absolute atomic E-state index is 0. The molecule has 0 amide bonds. The molecule has 0 heterocycles. The van der Waals surface area contributed by atoms with Gasteiger partial charge in [-0.1, -0.05) is 26.2 Å². The van der Waals surface area contributed by atoms with Crippen molar-refractivity contribution in [2.75, 3.05) is 0 Å². The number of rotatable bonds is 0. The van der Waals surface area contributed by atoms with Gasteiger partial charge in [0.05, 0.1) is 0 Å². The molecular weight excluding hydrogens is 342 g/mol. The number of halogens is 2. The Hall–Kier alpha value is 0.293. The molecule has 0 aromatic heterocycles. The Kier molecular flexibility index (Phi) is 17.8. The van der Waals surface area contributed by atoms with Crippen LogP contribution in [0.5, 0.6) is 0 Å². The average Bonchev–Trinajstić information content (AvgIpc) is 2.96. The molecule has 0 spiro atoms. The van der Waals surface area contributed by atoms with E-state index in [0.717, 1.165) is 12.8 Å². The summed E-state index contributed by atoms with van der Waals surface area (Å²) in [6, 6.07) is 0. The average molecular weight is 362 g/mol. The van der Waals surface area contributed by atoms with E-state index in [2.05, 4.69) is 55.4 Å². The molecule has 0 aromatic carbocycles. The molecule has 0 saturated carbocycles. The molecule has 2 aliphatic rings. The summed E-state index contributed by atoms with van der Waals surface area (Å²) in [7, 11) is 0. The number of hydrogen-bond donors (Lipinski definition) is 0. The fourth-order valence-corrected chi connectivity index (χ4v) is 1.26. The van der Waals surface area contributed by atoms with Crippen LogP contribution in [0.1, 0.15) is 33.6 Å². The second-order valence-electron chi connectivity index (χ2n) is 4.47. The topological polar surface area (TPSA) is 0 Å². The third-order valence-corrected chi connectivity index (χ3v) is 2.15. The van der Waals surface area contributed by atoms with E-state index in [9.17, 15) is 0 Å². The van der Waals surface area contributed by atoms with Gasteiger partial charge in [0.2, 0.25) is 0 Å². The smallest absolute Gasteiger partial charge is 1.00 e. The van der Waals surface area contributed by atoms with Gasteiger partial charge in [-0.3, -0.25) is 12.2 Å². The van der Waals surface area contributed by atoms with Crippen molar-refractivity contribution in [3.8, 4) is 0 Å².